The smallest absolute Gasteiger partial charge is 0.123 e. The number of aromatic nitrogens is 2. The molecule has 0 aliphatic carbocycles. The second kappa shape index (κ2) is 7.40. The number of nitrogens with two attached hydrogens (primary N) is 1. The average Bonchev–Trinajstić information content (AvgIpc) is 3.24. The lowest BCUT2D eigenvalue weighted by Crippen LogP contribution is -2.28. The van der Waals surface area contributed by atoms with Crippen LogP contribution in [-0.4, -0.2) is 33.8 Å². The fraction of sp³-hybridized carbons (Fsp3) is 0.286. The largest absolute Gasteiger partial charge is 0.326 e. The van der Waals surface area contributed by atoms with Gasteiger partial charge in [0.25, 0.3) is 0 Å². The third-order valence-corrected chi connectivity index (χ3v) is 5.02. The number of hydrogen-bond donors (Lipinski definition) is 1. The number of rotatable bonds is 5. The van der Waals surface area contributed by atoms with E-state index in [1.54, 1.807) is 12.1 Å². The molecule has 0 bridgehead atoms. The summed E-state index contributed by atoms with van der Waals surface area (Å²) in [6.45, 7) is 3.35. The fourth-order valence-corrected chi connectivity index (χ4v) is 3.71. The average molecular weight is 350 g/mol. The second-order valence-electron chi connectivity index (χ2n) is 7.05. The van der Waals surface area contributed by atoms with Crippen molar-refractivity contribution >= 4 is 0 Å². The maximum atomic E-state index is 13.0. The van der Waals surface area contributed by atoms with E-state index in [1.165, 1.54) is 23.3 Å². The third-order valence-electron chi connectivity index (χ3n) is 5.02. The van der Waals surface area contributed by atoms with E-state index in [4.69, 9.17) is 5.73 Å². The zero-order valence-electron chi connectivity index (χ0n) is 14.6. The summed E-state index contributed by atoms with van der Waals surface area (Å²) in [5, 5.41) is 4.44. The van der Waals surface area contributed by atoms with Crippen molar-refractivity contribution in [3.05, 3.63) is 89.5 Å². The minimum absolute atomic E-state index is 0.159. The van der Waals surface area contributed by atoms with Crippen LogP contribution in [0.4, 0.5) is 4.39 Å². The number of halogens is 1. The molecule has 1 fully saturated rings. The van der Waals surface area contributed by atoms with Crippen LogP contribution in [-0.2, 0) is 13.1 Å². The lowest BCUT2D eigenvalue weighted by atomic mass is 9.95. The highest BCUT2D eigenvalue weighted by molar-refractivity contribution is 5.24. The zero-order valence-corrected chi connectivity index (χ0v) is 14.6. The normalized spacial score (nSPS) is 20.5. The summed E-state index contributed by atoms with van der Waals surface area (Å²) in [6, 6.07) is 17.2. The summed E-state index contributed by atoms with van der Waals surface area (Å²) in [4.78, 5) is 2.39. The van der Waals surface area contributed by atoms with Gasteiger partial charge in [-0.05, 0) is 23.3 Å². The minimum Gasteiger partial charge on any atom is -0.326 e. The topological polar surface area (TPSA) is 47.1 Å². The molecule has 2 heterocycles. The van der Waals surface area contributed by atoms with E-state index < -0.39 is 0 Å². The summed E-state index contributed by atoms with van der Waals surface area (Å²) < 4.78 is 14.9. The summed E-state index contributed by atoms with van der Waals surface area (Å²) in [7, 11) is 0. The first-order valence-corrected chi connectivity index (χ1v) is 8.96. The molecule has 26 heavy (non-hydrogen) atoms. The first kappa shape index (κ1) is 16.9. The number of benzene rings is 2. The SMILES string of the molecule is N[C@@H]1CN(Cc2cnn(Cc3ccc(F)cc3)c2)C[C@H]1c1ccccc1. The maximum Gasteiger partial charge on any atom is 0.123 e. The Labute approximate surface area is 153 Å². The number of nitrogens with zero attached hydrogens (tertiary/aromatic N) is 3. The molecule has 1 saturated heterocycles. The van der Waals surface area contributed by atoms with Crippen molar-refractivity contribution in [2.75, 3.05) is 13.1 Å². The Hall–Kier alpha value is -2.50. The monoisotopic (exact) mass is 350 g/mol. The van der Waals surface area contributed by atoms with Gasteiger partial charge in [0.1, 0.15) is 5.82 Å². The van der Waals surface area contributed by atoms with Crippen molar-refractivity contribution in [3.63, 3.8) is 0 Å². The lowest BCUT2D eigenvalue weighted by Gasteiger charge is -2.15. The van der Waals surface area contributed by atoms with E-state index >= 15 is 0 Å². The Kier molecular flexibility index (Phi) is 4.82. The maximum absolute atomic E-state index is 13.0. The van der Waals surface area contributed by atoms with Crippen LogP contribution in [0, 0.1) is 5.82 Å². The standard InChI is InChI=1S/C21H23FN4/c22-19-8-6-16(7-9-19)12-26-13-17(10-24-26)11-25-14-20(21(23)15-25)18-4-2-1-3-5-18/h1-10,13,20-21H,11-12,14-15,23H2/t20-,21+/m0/s1. The molecule has 0 radical (unpaired) electrons. The highest BCUT2D eigenvalue weighted by atomic mass is 19.1. The molecule has 3 aromatic rings. The predicted octanol–water partition coefficient (Wildman–Crippen LogP) is 3.00. The molecular weight excluding hydrogens is 327 g/mol. The van der Waals surface area contributed by atoms with E-state index in [0.717, 1.165) is 25.2 Å². The first-order valence-electron chi connectivity index (χ1n) is 8.96. The Bertz CT molecular complexity index is 844. The minimum atomic E-state index is -0.215. The van der Waals surface area contributed by atoms with Gasteiger partial charge in [-0.1, -0.05) is 42.5 Å². The van der Waals surface area contributed by atoms with Crippen LogP contribution in [0.3, 0.4) is 0 Å². The van der Waals surface area contributed by atoms with E-state index in [1.807, 2.05) is 16.9 Å². The molecule has 5 heteroatoms. The van der Waals surface area contributed by atoms with E-state index in [9.17, 15) is 4.39 Å². The van der Waals surface area contributed by atoms with Gasteiger partial charge in [0.05, 0.1) is 12.7 Å². The van der Waals surface area contributed by atoms with Gasteiger partial charge in [-0.3, -0.25) is 9.58 Å². The van der Waals surface area contributed by atoms with E-state index in [2.05, 4.69) is 40.5 Å². The van der Waals surface area contributed by atoms with Crippen molar-refractivity contribution < 1.29 is 4.39 Å². The molecule has 1 aromatic heterocycles. The van der Waals surface area contributed by atoms with Gasteiger partial charge in [-0.15, -0.1) is 0 Å². The van der Waals surface area contributed by atoms with Crippen LogP contribution in [0.2, 0.25) is 0 Å². The molecule has 2 N–H and O–H groups in total. The van der Waals surface area contributed by atoms with Crippen LogP contribution in [0.1, 0.15) is 22.6 Å². The highest BCUT2D eigenvalue weighted by Crippen LogP contribution is 2.27. The quantitative estimate of drug-likeness (QED) is 0.769. The van der Waals surface area contributed by atoms with Crippen LogP contribution in [0.25, 0.3) is 0 Å². The van der Waals surface area contributed by atoms with Crippen LogP contribution in [0.5, 0.6) is 0 Å². The molecule has 134 valence electrons. The van der Waals surface area contributed by atoms with E-state index in [0.29, 0.717) is 12.5 Å². The highest BCUT2D eigenvalue weighted by Gasteiger charge is 2.31. The molecule has 0 amide bonds. The molecule has 1 aliphatic heterocycles. The summed E-state index contributed by atoms with van der Waals surface area (Å²) in [6.07, 6.45) is 3.97. The Morgan fingerprint density at radius 3 is 2.50 bits per heavy atom. The molecular formula is C21H23FN4. The van der Waals surface area contributed by atoms with Gasteiger partial charge >= 0.3 is 0 Å². The van der Waals surface area contributed by atoms with Crippen LogP contribution >= 0.6 is 0 Å². The van der Waals surface area contributed by atoms with Gasteiger partial charge in [0.2, 0.25) is 0 Å². The van der Waals surface area contributed by atoms with Gasteiger partial charge < -0.3 is 5.73 Å². The Morgan fingerprint density at radius 1 is 0.962 bits per heavy atom. The molecule has 0 saturated carbocycles. The van der Waals surface area contributed by atoms with Crippen molar-refractivity contribution in [2.45, 2.75) is 25.0 Å². The van der Waals surface area contributed by atoms with Gasteiger partial charge in [0.15, 0.2) is 0 Å². The van der Waals surface area contributed by atoms with Crippen LogP contribution in [0.15, 0.2) is 67.0 Å². The third kappa shape index (κ3) is 3.84. The number of hydrogen-bond acceptors (Lipinski definition) is 3. The van der Waals surface area contributed by atoms with Crippen molar-refractivity contribution in [2.24, 2.45) is 5.73 Å². The Balaban J connectivity index is 1.38. The molecule has 0 unspecified atom stereocenters. The molecule has 2 atom stereocenters. The fourth-order valence-electron chi connectivity index (χ4n) is 3.71. The van der Waals surface area contributed by atoms with Crippen LogP contribution < -0.4 is 5.73 Å². The second-order valence-corrected chi connectivity index (χ2v) is 7.05. The summed E-state index contributed by atoms with van der Waals surface area (Å²) in [5.74, 6) is 0.165. The summed E-state index contributed by atoms with van der Waals surface area (Å²) >= 11 is 0. The molecule has 4 rings (SSSR count). The van der Waals surface area contributed by atoms with Gasteiger partial charge in [-0.25, -0.2) is 4.39 Å². The first-order chi connectivity index (χ1) is 12.7. The van der Waals surface area contributed by atoms with Crippen molar-refractivity contribution in [3.8, 4) is 0 Å². The molecule has 1 aliphatic rings. The number of likely N-dealkylation sites (tertiary alicyclic amines) is 1. The Morgan fingerprint density at radius 2 is 1.73 bits per heavy atom. The van der Waals surface area contributed by atoms with Crippen molar-refractivity contribution in [1.29, 1.82) is 0 Å². The molecule has 4 nitrogen and oxygen atoms in total. The predicted molar refractivity (Wildman–Crippen MR) is 100 cm³/mol. The van der Waals surface area contributed by atoms with Gasteiger partial charge in [-0.2, -0.15) is 5.10 Å². The lowest BCUT2D eigenvalue weighted by molar-refractivity contribution is 0.323. The van der Waals surface area contributed by atoms with Gasteiger partial charge in [0, 0.05) is 43.4 Å². The van der Waals surface area contributed by atoms with E-state index in [-0.39, 0.29) is 11.9 Å². The molecule has 0 spiro atoms. The van der Waals surface area contributed by atoms with Crippen molar-refractivity contribution in [1.82, 2.24) is 14.7 Å². The molecule has 2 aromatic carbocycles. The summed E-state index contributed by atoms with van der Waals surface area (Å²) in [5.41, 5.74) is 9.91. The zero-order chi connectivity index (χ0) is 17.9.